The van der Waals surface area contributed by atoms with Crippen molar-refractivity contribution in [2.45, 2.75) is 0 Å². The van der Waals surface area contributed by atoms with Crippen molar-refractivity contribution in [1.29, 1.82) is 0 Å². The van der Waals surface area contributed by atoms with Gasteiger partial charge in [0.25, 0.3) is 5.91 Å². The topological polar surface area (TPSA) is 49.3 Å². The minimum atomic E-state index is -0.630. The van der Waals surface area contributed by atoms with Gasteiger partial charge in [0, 0.05) is 11.1 Å². The van der Waals surface area contributed by atoms with Crippen LogP contribution in [0.15, 0.2) is 36.4 Å². The number of carbonyl (C=O) groups is 1. The Bertz CT molecular complexity index is 647. The van der Waals surface area contributed by atoms with E-state index in [0.717, 1.165) is 12.1 Å². The number of rotatable bonds is 2. The zero-order valence-corrected chi connectivity index (χ0v) is 11.0. The summed E-state index contributed by atoms with van der Waals surface area (Å²) in [7, 11) is 0. The SMILES string of the molecule is O=C(Nc1cc(Cl)ccc1Cl)c1ccc(F)cc1O. The van der Waals surface area contributed by atoms with E-state index in [9.17, 15) is 14.3 Å². The van der Waals surface area contributed by atoms with E-state index in [-0.39, 0.29) is 5.56 Å². The summed E-state index contributed by atoms with van der Waals surface area (Å²) in [6, 6.07) is 7.70. The Balaban J connectivity index is 2.28. The third-order valence-electron chi connectivity index (χ3n) is 2.38. The number of halogens is 3. The third kappa shape index (κ3) is 3.16. The maximum absolute atomic E-state index is 12.8. The average Bonchev–Trinajstić information content (AvgIpc) is 2.33. The molecule has 98 valence electrons. The molecule has 3 nitrogen and oxygen atoms in total. The molecular weight excluding hydrogens is 292 g/mol. The second kappa shape index (κ2) is 5.47. The van der Waals surface area contributed by atoms with Crippen LogP contribution in [0.4, 0.5) is 10.1 Å². The van der Waals surface area contributed by atoms with Gasteiger partial charge in [0.05, 0.1) is 16.3 Å². The van der Waals surface area contributed by atoms with E-state index in [1.54, 1.807) is 6.07 Å². The predicted molar refractivity (Wildman–Crippen MR) is 72.5 cm³/mol. The molecule has 6 heteroatoms. The summed E-state index contributed by atoms with van der Waals surface area (Å²) in [4.78, 5) is 11.9. The first-order chi connectivity index (χ1) is 8.97. The largest absolute Gasteiger partial charge is 0.507 e. The summed E-state index contributed by atoms with van der Waals surface area (Å²) >= 11 is 11.7. The molecule has 0 atom stereocenters. The number of hydrogen-bond acceptors (Lipinski definition) is 2. The van der Waals surface area contributed by atoms with Crippen molar-refractivity contribution in [2.75, 3.05) is 5.32 Å². The molecule has 0 aliphatic carbocycles. The van der Waals surface area contributed by atoms with Crippen molar-refractivity contribution in [2.24, 2.45) is 0 Å². The van der Waals surface area contributed by atoms with Crippen molar-refractivity contribution >= 4 is 34.8 Å². The monoisotopic (exact) mass is 299 g/mol. The van der Waals surface area contributed by atoms with Gasteiger partial charge in [-0.1, -0.05) is 23.2 Å². The van der Waals surface area contributed by atoms with Crippen molar-refractivity contribution in [3.05, 3.63) is 57.8 Å². The average molecular weight is 300 g/mol. The van der Waals surface area contributed by atoms with Crippen LogP contribution in [-0.2, 0) is 0 Å². The standard InChI is InChI=1S/C13H8Cl2FNO2/c14-7-1-4-10(15)11(5-7)17-13(19)9-3-2-8(16)6-12(9)18/h1-6,18H,(H,17,19). The minimum Gasteiger partial charge on any atom is -0.507 e. The maximum Gasteiger partial charge on any atom is 0.259 e. The van der Waals surface area contributed by atoms with Gasteiger partial charge in [0.15, 0.2) is 0 Å². The third-order valence-corrected chi connectivity index (χ3v) is 2.95. The number of benzene rings is 2. The number of amides is 1. The first-order valence-electron chi connectivity index (χ1n) is 5.22. The van der Waals surface area contributed by atoms with Crippen LogP contribution in [0.2, 0.25) is 10.0 Å². The number of phenols is 1. The van der Waals surface area contributed by atoms with Crippen molar-refractivity contribution in [1.82, 2.24) is 0 Å². The molecule has 0 bridgehead atoms. The molecule has 0 aromatic heterocycles. The summed E-state index contributed by atoms with van der Waals surface area (Å²) in [5.41, 5.74) is 0.250. The van der Waals surface area contributed by atoms with Gasteiger partial charge in [-0.25, -0.2) is 4.39 Å². The Hall–Kier alpha value is -1.78. The quantitative estimate of drug-likeness (QED) is 0.877. The van der Waals surface area contributed by atoms with E-state index in [4.69, 9.17) is 23.2 Å². The molecule has 0 aliphatic heterocycles. The van der Waals surface area contributed by atoms with Gasteiger partial charge in [-0.2, -0.15) is 0 Å². The first-order valence-corrected chi connectivity index (χ1v) is 5.98. The highest BCUT2D eigenvalue weighted by Gasteiger charge is 2.13. The second-order valence-electron chi connectivity index (χ2n) is 3.74. The number of hydrogen-bond donors (Lipinski definition) is 2. The lowest BCUT2D eigenvalue weighted by Gasteiger charge is -2.08. The Kier molecular flexibility index (Phi) is 3.93. The summed E-state index contributed by atoms with van der Waals surface area (Å²) in [5.74, 6) is -1.69. The highest BCUT2D eigenvalue weighted by molar-refractivity contribution is 6.35. The lowest BCUT2D eigenvalue weighted by molar-refractivity contribution is 0.102. The molecule has 2 aromatic carbocycles. The number of phenolic OH excluding ortho intramolecular Hbond substituents is 1. The normalized spacial score (nSPS) is 10.3. The highest BCUT2D eigenvalue weighted by atomic mass is 35.5. The van der Waals surface area contributed by atoms with Crippen LogP contribution in [0, 0.1) is 5.82 Å². The predicted octanol–water partition coefficient (Wildman–Crippen LogP) is 4.09. The molecular formula is C13H8Cl2FNO2. The summed E-state index contributed by atoms with van der Waals surface area (Å²) in [6.45, 7) is 0. The molecule has 2 N–H and O–H groups in total. The summed E-state index contributed by atoms with van der Waals surface area (Å²) < 4.78 is 12.8. The van der Waals surface area contributed by atoms with Crippen molar-refractivity contribution in [3.63, 3.8) is 0 Å². The lowest BCUT2D eigenvalue weighted by atomic mass is 10.2. The van der Waals surface area contributed by atoms with Crippen molar-refractivity contribution < 1.29 is 14.3 Å². The van der Waals surface area contributed by atoms with Crippen LogP contribution < -0.4 is 5.32 Å². The fraction of sp³-hybridized carbons (Fsp3) is 0. The smallest absolute Gasteiger partial charge is 0.259 e. The maximum atomic E-state index is 12.8. The highest BCUT2D eigenvalue weighted by Crippen LogP contribution is 2.27. The minimum absolute atomic E-state index is 0.0579. The Morgan fingerprint density at radius 1 is 1.16 bits per heavy atom. The van der Waals surface area contributed by atoms with Gasteiger partial charge in [-0.05, 0) is 30.3 Å². The number of carbonyl (C=O) groups excluding carboxylic acids is 1. The van der Waals surface area contributed by atoms with Crippen molar-refractivity contribution in [3.8, 4) is 5.75 Å². The number of nitrogens with one attached hydrogen (secondary N) is 1. The molecule has 19 heavy (non-hydrogen) atoms. The lowest BCUT2D eigenvalue weighted by Crippen LogP contribution is -2.12. The number of aromatic hydroxyl groups is 1. The Morgan fingerprint density at radius 2 is 1.89 bits per heavy atom. The molecule has 0 radical (unpaired) electrons. The van der Waals surface area contributed by atoms with Crippen LogP contribution in [-0.4, -0.2) is 11.0 Å². The van der Waals surface area contributed by atoms with Gasteiger partial charge < -0.3 is 10.4 Å². The molecule has 0 unspecified atom stereocenters. The van der Waals surface area contributed by atoms with Crippen LogP contribution >= 0.6 is 23.2 Å². The van der Waals surface area contributed by atoms with Gasteiger partial charge >= 0.3 is 0 Å². The second-order valence-corrected chi connectivity index (χ2v) is 4.58. The molecule has 0 spiro atoms. The molecule has 0 aliphatic rings. The fourth-order valence-electron chi connectivity index (χ4n) is 1.48. The van der Waals surface area contributed by atoms with Gasteiger partial charge in [0.1, 0.15) is 11.6 Å². The van der Waals surface area contributed by atoms with Crippen LogP contribution in [0.3, 0.4) is 0 Å². The van der Waals surface area contributed by atoms with E-state index in [0.29, 0.717) is 15.7 Å². The summed E-state index contributed by atoms with van der Waals surface area (Å²) in [6.07, 6.45) is 0. The zero-order chi connectivity index (χ0) is 14.0. The molecule has 0 fully saturated rings. The molecule has 2 aromatic rings. The number of anilines is 1. The van der Waals surface area contributed by atoms with Gasteiger partial charge in [-0.15, -0.1) is 0 Å². The van der Waals surface area contributed by atoms with E-state index in [1.165, 1.54) is 18.2 Å². The molecule has 0 saturated carbocycles. The van der Waals surface area contributed by atoms with Gasteiger partial charge in [0.2, 0.25) is 0 Å². The Morgan fingerprint density at radius 3 is 2.58 bits per heavy atom. The zero-order valence-electron chi connectivity index (χ0n) is 9.45. The molecule has 0 heterocycles. The van der Waals surface area contributed by atoms with Crippen LogP contribution in [0.25, 0.3) is 0 Å². The molecule has 2 rings (SSSR count). The molecule has 1 amide bonds. The molecule has 0 saturated heterocycles. The van der Waals surface area contributed by atoms with E-state index in [1.807, 2.05) is 0 Å². The van der Waals surface area contributed by atoms with Crippen LogP contribution in [0.1, 0.15) is 10.4 Å². The van der Waals surface area contributed by atoms with E-state index < -0.39 is 17.5 Å². The summed E-state index contributed by atoms with van der Waals surface area (Å²) in [5, 5.41) is 12.7. The Labute approximate surface area is 118 Å². The van der Waals surface area contributed by atoms with Crippen LogP contribution in [0.5, 0.6) is 5.75 Å². The van der Waals surface area contributed by atoms with E-state index >= 15 is 0 Å². The fourth-order valence-corrected chi connectivity index (χ4v) is 1.82. The van der Waals surface area contributed by atoms with Gasteiger partial charge in [-0.3, -0.25) is 4.79 Å². The first kappa shape index (κ1) is 13.6. The van der Waals surface area contributed by atoms with E-state index in [2.05, 4.69) is 5.32 Å².